The second kappa shape index (κ2) is 9.07. The van der Waals surface area contributed by atoms with Gasteiger partial charge in [0.2, 0.25) is 10.0 Å². The monoisotopic (exact) mass is 466 g/mol. The van der Waals surface area contributed by atoms with E-state index in [0.717, 1.165) is 5.75 Å². The summed E-state index contributed by atoms with van der Waals surface area (Å²) >= 11 is 3.29. The first-order valence-electron chi connectivity index (χ1n) is 9.19. The summed E-state index contributed by atoms with van der Waals surface area (Å²) in [6.45, 7) is 3.51. The second-order valence-corrected chi connectivity index (χ2v) is 9.11. The van der Waals surface area contributed by atoms with Crippen molar-refractivity contribution in [1.29, 1.82) is 0 Å². The smallest absolute Gasteiger partial charge is 0.253 e. The standard InChI is InChI=1S/C20H23BrN2O4S/c1-2-27-17-9-7-15(8-10-17)20(24)23-13-11-16(12-14-23)22-28(25,26)19-6-4-3-5-18(19)21/h3-10,16,22H,2,11-14H2,1H3. The fourth-order valence-electron chi connectivity index (χ4n) is 3.19. The zero-order valence-corrected chi connectivity index (χ0v) is 18.0. The van der Waals surface area contributed by atoms with Gasteiger partial charge in [0.15, 0.2) is 0 Å². The van der Waals surface area contributed by atoms with E-state index in [4.69, 9.17) is 4.74 Å². The van der Waals surface area contributed by atoms with Crippen LogP contribution in [0, 0.1) is 0 Å². The largest absolute Gasteiger partial charge is 0.494 e. The van der Waals surface area contributed by atoms with Crippen molar-refractivity contribution in [3.8, 4) is 5.75 Å². The van der Waals surface area contributed by atoms with E-state index >= 15 is 0 Å². The van der Waals surface area contributed by atoms with Crippen LogP contribution in [-0.2, 0) is 10.0 Å². The molecule has 8 heteroatoms. The molecule has 1 saturated heterocycles. The Bertz CT molecular complexity index is 923. The Kier molecular flexibility index (Phi) is 6.74. The van der Waals surface area contributed by atoms with Crippen molar-refractivity contribution >= 4 is 31.9 Å². The number of nitrogens with zero attached hydrogens (tertiary/aromatic N) is 1. The van der Waals surface area contributed by atoms with Crippen LogP contribution in [0.2, 0.25) is 0 Å². The highest BCUT2D eigenvalue weighted by Gasteiger charge is 2.28. The Hall–Kier alpha value is -1.90. The minimum absolute atomic E-state index is 0.0461. The molecule has 0 spiro atoms. The Morgan fingerprint density at radius 3 is 2.39 bits per heavy atom. The number of likely N-dealkylation sites (tertiary alicyclic amines) is 1. The van der Waals surface area contributed by atoms with Gasteiger partial charge in [0.05, 0.1) is 11.5 Å². The van der Waals surface area contributed by atoms with Crippen LogP contribution in [0.1, 0.15) is 30.1 Å². The average Bonchev–Trinajstić information content (AvgIpc) is 2.69. The minimum atomic E-state index is -3.60. The van der Waals surface area contributed by atoms with Gasteiger partial charge in [-0.25, -0.2) is 13.1 Å². The predicted octanol–water partition coefficient (Wildman–Crippen LogP) is 3.43. The molecular formula is C20H23BrN2O4S. The summed E-state index contributed by atoms with van der Waals surface area (Å²) < 4.78 is 33.9. The zero-order chi connectivity index (χ0) is 20.1. The van der Waals surface area contributed by atoms with E-state index in [9.17, 15) is 13.2 Å². The summed E-state index contributed by atoms with van der Waals surface area (Å²) in [5.41, 5.74) is 0.607. The third kappa shape index (κ3) is 4.92. The number of hydrogen-bond donors (Lipinski definition) is 1. The van der Waals surface area contributed by atoms with Crippen LogP contribution in [0.3, 0.4) is 0 Å². The van der Waals surface area contributed by atoms with Crippen LogP contribution in [0.15, 0.2) is 57.9 Å². The molecule has 1 amide bonds. The lowest BCUT2D eigenvalue weighted by Gasteiger charge is -2.32. The van der Waals surface area contributed by atoms with Gasteiger partial charge in [-0.1, -0.05) is 12.1 Å². The third-order valence-electron chi connectivity index (χ3n) is 4.64. The maximum Gasteiger partial charge on any atom is 0.253 e. The summed E-state index contributed by atoms with van der Waals surface area (Å²) in [7, 11) is -3.60. The molecule has 1 N–H and O–H groups in total. The van der Waals surface area contributed by atoms with E-state index in [2.05, 4.69) is 20.7 Å². The Balaban J connectivity index is 1.58. The molecule has 0 radical (unpaired) electrons. The topological polar surface area (TPSA) is 75.7 Å². The van der Waals surface area contributed by atoms with E-state index in [1.807, 2.05) is 6.92 Å². The number of ether oxygens (including phenoxy) is 1. The summed E-state index contributed by atoms with van der Waals surface area (Å²) in [6.07, 6.45) is 1.15. The van der Waals surface area contributed by atoms with Gasteiger partial charge in [0, 0.05) is 29.2 Å². The van der Waals surface area contributed by atoms with Crippen molar-refractivity contribution in [1.82, 2.24) is 9.62 Å². The number of halogens is 1. The zero-order valence-electron chi connectivity index (χ0n) is 15.6. The molecule has 0 saturated carbocycles. The minimum Gasteiger partial charge on any atom is -0.494 e. The number of rotatable bonds is 6. The summed E-state index contributed by atoms with van der Waals surface area (Å²) in [4.78, 5) is 14.7. The highest BCUT2D eigenvalue weighted by molar-refractivity contribution is 9.10. The number of nitrogens with one attached hydrogen (secondary N) is 1. The Morgan fingerprint density at radius 1 is 1.14 bits per heavy atom. The highest BCUT2D eigenvalue weighted by Crippen LogP contribution is 2.23. The predicted molar refractivity (Wildman–Crippen MR) is 111 cm³/mol. The number of hydrogen-bond acceptors (Lipinski definition) is 4. The van der Waals surface area contributed by atoms with E-state index < -0.39 is 10.0 Å². The third-order valence-corrected chi connectivity index (χ3v) is 7.18. The average molecular weight is 467 g/mol. The van der Waals surface area contributed by atoms with Crippen LogP contribution in [0.25, 0.3) is 0 Å². The van der Waals surface area contributed by atoms with Crippen molar-refractivity contribution in [3.63, 3.8) is 0 Å². The fraction of sp³-hybridized carbons (Fsp3) is 0.350. The van der Waals surface area contributed by atoms with Crippen molar-refractivity contribution in [2.24, 2.45) is 0 Å². The van der Waals surface area contributed by atoms with E-state index in [1.54, 1.807) is 53.4 Å². The van der Waals surface area contributed by atoms with Gasteiger partial charge in [-0.05, 0) is 72.1 Å². The van der Waals surface area contributed by atoms with Gasteiger partial charge in [0.25, 0.3) is 5.91 Å². The molecule has 150 valence electrons. The molecule has 0 aromatic heterocycles. The number of piperidine rings is 1. The first-order chi connectivity index (χ1) is 13.4. The number of carbonyl (C=O) groups is 1. The molecule has 0 bridgehead atoms. The molecule has 0 atom stereocenters. The van der Waals surface area contributed by atoms with E-state index in [0.29, 0.717) is 42.6 Å². The highest BCUT2D eigenvalue weighted by atomic mass is 79.9. The van der Waals surface area contributed by atoms with Crippen LogP contribution in [-0.4, -0.2) is 45.0 Å². The molecular weight excluding hydrogens is 444 g/mol. The van der Waals surface area contributed by atoms with Crippen molar-refractivity contribution in [3.05, 3.63) is 58.6 Å². The van der Waals surface area contributed by atoms with Crippen molar-refractivity contribution in [2.75, 3.05) is 19.7 Å². The maximum absolute atomic E-state index is 12.7. The molecule has 1 fully saturated rings. The summed E-state index contributed by atoms with van der Waals surface area (Å²) in [6, 6.07) is 13.6. The first kappa shape index (κ1) is 20.8. The van der Waals surface area contributed by atoms with Crippen molar-refractivity contribution < 1.29 is 17.9 Å². The van der Waals surface area contributed by atoms with Gasteiger partial charge in [-0.2, -0.15) is 0 Å². The summed E-state index contributed by atoms with van der Waals surface area (Å²) in [5.74, 6) is 0.689. The van der Waals surface area contributed by atoms with Crippen LogP contribution >= 0.6 is 15.9 Å². The van der Waals surface area contributed by atoms with Gasteiger partial charge in [-0.15, -0.1) is 0 Å². The van der Waals surface area contributed by atoms with Crippen LogP contribution in [0.4, 0.5) is 0 Å². The lowest BCUT2D eigenvalue weighted by atomic mass is 10.0. The van der Waals surface area contributed by atoms with Crippen LogP contribution in [0.5, 0.6) is 5.75 Å². The van der Waals surface area contributed by atoms with Gasteiger partial charge < -0.3 is 9.64 Å². The fourth-order valence-corrected chi connectivity index (χ4v) is 5.50. The van der Waals surface area contributed by atoms with Gasteiger partial charge >= 0.3 is 0 Å². The molecule has 2 aromatic carbocycles. The number of amides is 1. The molecule has 0 aliphatic carbocycles. The second-order valence-electron chi connectivity index (χ2n) is 6.58. The number of carbonyl (C=O) groups excluding carboxylic acids is 1. The molecule has 2 aromatic rings. The van der Waals surface area contributed by atoms with Gasteiger partial charge in [0.1, 0.15) is 5.75 Å². The molecule has 1 aliphatic rings. The number of sulfonamides is 1. The quantitative estimate of drug-likeness (QED) is 0.707. The van der Waals surface area contributed by atoms with Gasteiger partial charge in [-0.3, -0.25) is 4.79 Å². The van der Waals surface area contributed by atoms with Crippen LogP contribution < -0.4 is 9.46 Å². The first-order valence-corrected chi connectivity index (χ1v) is 11.5. The van der Waals surface area contributed by atoms with E-state index in [-0.39, 0.29) is 16.8 Å². The Morgan fingerprint density at radius 2 is 1.79 bits per heavy atom. The molecule has 28 heavy (non-hydrogen) atoms. The molecule has 3 rings (SSSR count). The normalized spacial score (nSPS) is 15.4. The van der Waals surface area contributed by atoms with Crippen molar-refractivity contribution in [2.45, 2.75) is 30.7 Å². The Labute approximate surface area is 174 Å². The molecule has 1 aliphatic heterocycles. The lowest BCUT2D eigenvalue weighted by molar-refractivity contribution is 0.0711. The lowest BCUT2D eigenvalue weighted by Crippen LogP contribution is -2.46. The van der Waals surface area contributed by atoms with E-state index in [1.165, 1.54) is 0 Å². The molecule has 6 nitrogen and oxygen atoms in total. The molecule has 1 heterocycles. The SMILES string of the molecule is CCOc1ccc(C(=O)N2CCC(NS(=O)(=O)c3ccccc3Br)CC2)cc1. The number of benzene rings is 2. The maximum atomic E-state index is 12.7. The summed E-state index contributed by atoms with van der Waals surface area (Å²) in [5, 5.41) is 0. The molecule has 0 unspecified atom stereocenters.